The third-order valence-electron chi connectivity index (χ3n) is 4.64. The number of nitriles is 1. The number of hydrogen-bond acceptors (Lipinski definition) is 9. The molecule has 0 radical (unpaired) electrons. The minimum Gasteiger partial charge on any atom is -0.496 e. The first-order chi connectivity index (χ1) is 14.8. The van der Waals surface area contributed by atoms with Crippen LogP contribution < -0.4 is 20.7 Å². The molecule has 2 aromatic heterocycles. The fourth-order valence-electron chi connectivity index (χ4n) is 3.20. The number of nitrogens with one attached hydrogen (secondary N) is 4. The number of hydrogen-bond donors (Lipinski definition) is 4. The maximum atomic E-state index is 8.83. The zero-order valence-corrected chi connectivity index (χ0v) is 16.5. The zero-order chi connectivity index (χ0) is 20.8. The van der Waals surface area contributed by atoms with Crippen LogP contribution in [0.2, 0.25) is 0 Å². The molecule has 4 N–H and O–H groups in total. The molecule has 0 amide bonds. The largest absolute Gasteiger partial charge is 0.496 e. The predicted octanol–water partition coefficient (Wildman–Crippen LogP) is 1.89. The number of aromatic amines is 1. The lowest BCUT2D eigenvalue weighted by molar-refractivity contribution is 0.0372. The second kappa shape index (κ2) is 9.21. The van der Waals surface area contributed by atoms with E-state index in [-0.39, 0.29) is 11.8 Å². The number of methoxy groups -OCH3 is 1. The number of aromatic nitrogens is 4. The Balaban J connectivity index is 1.54. The molecular formula is C20H22N8O2. The quantitative estimate of drug-likeness (QED) is 0.464. The predicted molar refractivity (Wildman–Crippen MR) is 112 cm³/mol. The van der Waals surface area contributed by atoms with E-state index in [9.17, 15) is 0 Å². The maximum absolute atomic E-state index is 8.83. The highest BCUT2D eigenvalue weighted by molar-refractivity contribution is 5.82. The van der Waals surface area contributed by atoms with Crippen LogP contribution in [0, 0.1) is 11.3 Å². The van der Waals surface area contributed by atoms with Crippen LogP contribution in [0.3, 0.4) is 0 Å². The van der Waals surface area contributed by atoms with Crippen molar-refractivity contribution in [1.29, 1.82) is 5.26 Å². The number of nitrogens with zero attached hydrogens (tertiary/aromatic N) is 4. The van der Waals surface area contributed by atoms with Crippen molar-refractivity contribution in [3.8, 4) is 23.1 Å². The van der Waals surface area contributed by atoms with E-state index in [0.717, 1.165) is 35.8 Å². The van der Waals surface area contributed by atoms with Crippen molar-refractivity contribution in [2.24, 2.45) is 0 Å². The van der Waals surface area contributed by atoms with Crippen molar-refractivity contribution >= 4 is 17.3 Å². The standard InChI is InChI=1S/C20H22N8O2/c1-29-17-4-2-3-15(24-11-14-10-22-5-6-30-14)20(17)16-7-18(28-27-16)26-19-12-23-13(8-21)9-25-19/h2-4,7,9,12,14,22,24H,5-6,10-11H2,1H3,(H2,25,26,27,28). The first-order valence-electron chi connectivity index (χ1n) is 9.55. The minimum atomic E-state index is 0.103. The molecule has 154 valence electrons. The van der Waals surface area contributed by atoms with E-state index < -0.39 is 0 Å². The summed E-state index contributed by atoms with van der Waals surface area (Å²) in [6, 6.07) is 9.64. The molecule has 1 saturated heterocycles. The molecule has 1 fully saturated rings. The Labute approximate surface area is 173 Å². The van der Waals surface area contributed by atoms with Gasteiger partial charge in [-0.1, -0.05) is 6.07 Å². The molecule has 3 aromatic rings. The molecule has 1 aliphatic rings. The maximum Gasteiger partial charge on any atom is 0.158 e. The molecule has 3 heterocycles. The van der Waals surface area contributed by atoms with Gasteiger partial charge in [0.2, 0.25) is 0 Å². The van der Waals surface area contributed by atoms with Crippen LogP contribution in [-0.4, -0.2) is 59.6 Å². The number of anilines is 3. The van der Waals surface area contributed by atoms with Crippen LogP contribution in [0.1, 0.15) is 5.69 Å². The summed E-state index contributed by atoms with van der Waals surface area (Å²) in [5.74, 6) is 1.78. The summed E-state index contributed by atoms with van der Waals surface area (Å²) in [6.45, 7) is 3.09. The first-order valence-corrected chi connectivity index (χ1v) is 9.55. The van der Waals surface area contributed by atoms with Crippen LogP contribution in [0.4, 0.5) is 17.3 Å². The molecule has 4 rings (SSSR count). The van der Waals surface area contributed by atoms with Crippen molar-refractivity contribution in [2.45, 2.75) is 6.10 Å². The molecule has 0 aliphatic carbocycles. The summed E-state index contributed by atoms with van der Waals surface area (Å²) in [6.07, 6.45) is 2.99. The number of rotatable bonds is 7. The van der Waals surface area contributed by atoms with Gasteiger partial charge in [-0.25, -0.2) is 9.97 Å². The topological polar surface area (TPSA) is 133 Å². The summed E-state index contributed by atoms with van der Waals surface area (Å²) < 4.78 is 11.3. The molecule has 10 heteroatoms. The Bertz CT molecular complexity index is 1020. The highest BCUT2D eigenvalue weighted by Gasteiger charge is 2.17. The molecule has 1 unspecified atom stereocenters. The van der Waals surface area contributed by atoms with E-state index in [2.05, 4.69) is 36.1 Å². The lowest BCUT2D eigenvalue weighted by atomic mass is 10.1. The van der Waals surface area contributed by atoms with Crippen LogP contribution in [0.15, 0.2) is 36.7 Å². The summed E-state index contributed by atoms with van der Waals surface area (Å²) in [7, 11) is 1.64. The molecule has 0 spiro atoms. The monoisotopic (exact) mass is 406 g/mol. The highest BCUT2D eigenvalue weighted by atomic mass is 16.5. The second-order valence-corrected chi connectivity index (χ2v) is 6.65. The van der Waals surface area contributed by atoms with Gasteiger partial charge in [-0.3, -0.25) is 5.10 Å². The lowest BCUT2D eigenvalue weighted by Gasteiger charge is -2.25. The first kappa shape index (κ1) is 19.6. The van der Waals surface area contributed by atoms with Gasteiger partial charge < -0.3 is 25.4 Å². The van der Waals surface area contributed by atoms with Crippen LogP contribution >= 0.6 is 0 Å². The van der Waals surface area contributed by atoms with E-state index in [1.165, 1.54) is 12.4 Å². The number of ether oxygens (including phenoxy) is 2. The molecular weight excluding hydrogens is 384 g/mol. The third-order valence-corrected chi connectivity index (χ3v) is 4.64. The molecule has 30 heavy (non-hydrogen) atoms. The van der Waals surface area contributed by atoms with Gasteiger partial charge in [0.05, 0.1) is 43.5 Å². The average Bonchev–Trinajstić information content (AvgIpc) is 3.26. The Morgan fingerprint density at radius 1 is 1.30 bits per heavy atom. The smallest absolute Gasteiger partial charge is 0.158 e. The van der Waals surface area contributed by atoms with Gasteiger partial charge in [0.1, 0.15) is 17.6 Å². The number of H-pyrrole nitrogens is 1. The van der Waals surface area contributed by atoms with Gasteiger partial charge in [-0.05, 0) is 12.1 Å². The van der Waals surface area contributed by atoms with Crippen molar-refractivity contribution in [2.75, 3.05) is 44.0 Å². The Morgan fingerprint density at radius 3 is 2.97 bits per heavy atom. The summed E-state index contributed by atoms with van der Waals surface area (Å²) in [4.78, 5) is 8.15. The lowest BCUT2D eigenvalue weighted by Crippen LogP contribution is -2.42. The molecule has 1 aliphatic heterocycles. The molecule has 0 bridgehead atoms. The van der Waals surface area contributed by atoms with Gasteiger partial charge in [0, 0.05) is 31.4 Å². The van der Waals surface area contributed by atoms with Gasteiger partial charge in [0.25, 0.3) is 0 Å². The van der Waals surface area contributed by atoms with Crippen molar-refractivity contribution in [3.63, 3.8) is 0 Å². The van der Waals surface area contributed by atoms with Gasteiger partial charge >= 0.3 is 0 Å². The Morgan fingerprint density at radius 2 is 2.23 bits per heavy atom. The molecule has 1 atom stereocenters. The van der Waals surface area contributed by atoms with E-state index in [0.29, 0.717) is 24.8 Å². The van der Waals surface area contributed by atoms with Crippen molar-refractivity contribution < 1.29 is 9.47 Å². The van der Waals surface area contributed by atoms with Crippen molar-refractivity contribution in [3.05, 3.63) is 42.4 Å². The third kappa shape index (κ3) is 4.48. The minimum absolute atomic E-state index is 0.103. The number of morpholine rings is 1. The highest BCUT2D eigenvalue weighted by Crippen LogP contribution is 2.36. The van der Waals surface area contributed by atoms with E-state index in [1.807, 2.05) is 30.3 Å². The van der Waals surface area contributed by atoms with Gasteiger partial charge in [0.15, 0.2) is 11.5 Å². The van der Waals surface area contributed by atoms with Crippen LogP contribution in [0.25, 0.3) is 11.3 Å². The molecule has 0 saturated carbocycles. The average molecular weight is 406 g/mol. The Hall–Kier alpha value is -3.68. The summed E-state index contributed by atoms with van der Waals surface area (Å²) >= 11 is 0. The van der Waals surface area contributed by atoms with E-state index in [4.69, 9.17) is 14.7 Å². The van der Waals surface area contributed by atoms with Crippen molar-refractivity contribution in [1.82, 2.24) is 25.5 Å². The van der Waals surface area contributed by atoms with Gasteiger partial charge in [-0.15, -0.1) is 0 Å². The second-order valence-electron chi connectivity index (χ2n) is 6.65. The summed E-state index contributed by atoms with van der Waals surface area (Å²) in [5, 5.41) is 26.0. The van der Waals surface area contributed by atoms with Gasteiger partial charge in [-0.2, -0.15) is 10.4 Å². The fourth-order valence-corrected chi connectivity index (χ4v) is 3.20. The fraction of sp³-hybridized carbons (Fsp3) is 0.300. The zero-order valence-electron chi connectivity index (χ0n) is 16.5. The molecule has 1 aromatic carbocycles. The normalized spacial score (nSPS) is 15.9. The molecule has 10 nitrogen and oxygen atoms in total. The van der Waals surface area contributed by atoms with Crippen LogP contribution in [0.5, 0.6) is 5.75 Å². The summed E-state index contributed by atoms with van der Waals surface area (Å²) in [5.41, 5.74) is 2.82. The van der Waals surface area contributed by atoms with Crippen LogP contribution in [-0.2, 0) is 4.74 Å². The number of benzene rings is 1. The Kier molecular flexibility index (Phi) is 6.03. The SMILES string of the molecule is COc1cccc(NCC2CNCCO2)c1-c1cc(Nc2cnc(C#N)cn2)n[nH]1. The van der Waals surface area contributed by atoms with E-state index in [1.54, 1.807) is 7.11 Å². The van der Waals surface area contributed by atoms with E-state index >= 15 is 0 Å².